The molecule has 1 atom stereocenters. The van der Waals surface area contributed by atoms with Crippen LogP contribution in [0.15, 0.2) is 84.9 Å². The average Bonchev–Trinajstić information content (AvgIpc) is 2.66. The van der Waals surface area contributed by atoms with Crippen molar-refractivity contribution in [2.75, 3.05) is 6.54 Å². The zero-order valence-corrected chi connectivity index (χ0v) is 16.6. The molecule has 0 spiro atoms. The molecule has 0 aliphatic carbocycles. The van der Waals surface area contributed by atoms with Gasteiger partial charge in [-0.25, -0.2) is 0 Å². The maximum atomic E-state index is 2.65. The zero-order chi connectivity index (χ0) is 18.9. The van der Waals surface area contributed by atoms with Crippen LogP contribution in [0.2, 0.25) is 0 Å². The van der Waals surface area contributed by atoms with Gasteiger partial charge in [-0.2, -0.15) is 0 Å². The molecule has 138 valence electrons. The van der Waals surface area contributed by atoms with Crippen molar-refractivity contribution in [1.29, 1.82) is 0 Å². The summed E-state index contributed by atoms with van der Waals surface area (Å²) in [6, 6.07) is 31.9. The number of hydrogen-bond donors (Lipinski definition) is 0. The highest BCUT2D eigenvalue weighted by atomic mass is 15.2. The highest BCUT2D eigenvalue weighted by molar-refractivity contribution is 5.35. The first kappa shape index (κ1) is 18.0. The summed E-state index contributed by atoms with van der Waals surface area (Å²) in [5.74, 6) is 0. The molecule has 0 N–H and O–H groups in total. The second kappa shape index (κ2) is 7.32. The number of nitrogens with zero attached hydrogens (tertiary/aromatic N) is 1. The molecule has 1 aliphatic rings. The van der Waals surface area contributed by atoms with Crippen LogP contribution in [0.25, 0.3) is 0 Å². The Bertz CT molecular complexity index is 820. The van der Waals surface area contributed by atoms with Crippen LogP contribution < -0.4 is 0 Å². The maximum Gasteiger partial charge on any atom is 0.0607 e. The van der Waals surface area contributed by atoms with E-state index in [-0.39, 0.29) is 5.41 Å². The molecule has 0 saturated carbocycles. The Balaban J connectivity index is 1.65. The minimum Gasteiger partial charge on any atom is -0.285 e. The topological polar surface area (TPSA) is 3.24 Å². The van der Waals surface area contributed by atoms with Crippen molar-refractivity contribution >= 4 is 0 Å². The summed E-state index contributed by atoms with van der Waals surface area (Å²) >= 11 is 0. The van der Waals surface area contributed by atoms with Crippen molar-refractivity contribution in [1.82, 2.24) is 4.90 Å². The van der Waals surface area contributed by atoms with Gasteiger partial charge in [-0.3, -0.25) is 4.90 Å². The monoisotopic (exact) mass is 355 g/mol. The Labute approximate surface area is 163 Å². The van der Waals surface area contributed by atoms with Gasteiger partial charge in [0.25, 0.3) is 0 Å². The highest BCUT2D eigenvalue weighted by Crippen LogP contribution is 2.43. The molecule has 4 rings (SSSR count). The van der Waals surface area contributed by atoms with E-state index in [4.69, 9.17) is 0 Å². The lowest BCUT2D eigenvalue weighted by atomic mass is 9.84. The summed E-state index contributed by atoms with van der Waals surface area (Å²) in [7, 11) is 0. The predicted octanol–water partition coefficient (Wildman–Crippen LogP) is 6.52. The van der Waals surface area contributed by atoms with Gasteiger partial charge in [0.05, 0.1) is 6.04 Å². The lowest BCUT2D eigenvalue weighted by molar-refractivity contribution is 0.0566. The van der Waals surface area contributed by atoms with E-state index in [1.54, 1.807) is 0 Å². The van der Waals surface area contributed by atoms with Crippen LogP contribution >= 0.6 is 0 Å². The summed E-state index contributed by atoms with van der Waals surface area (Å²) in [6.45, 7) is 7.97. The molecule has 27 heavy (non-hydrogen) atoms. The predicted molar refractivity (Wildman–Crippen MR) is 114 cm³/mol. The van der Waals surface area contributed by atoms with Gasteiger partial charge in [0.15, 0.2) is 0 Å². The molecule has 1 unspecified atom stereocenters. The third-order valence-corrected chi connectivity index (χ3v) is 5.78. The third-order valence-electron chi connectivity index (χ3n) is 5.78. The van der Waals surface area contributed by atoms with E-state index in [0.29, 0.717) is 12.1 Å². The SMILES string of the molecule is CC(C)(C)c1ccc(C2CCN2C(c2ccccc2)c2ccccc2)cc1. The molecule has 3 aromatic carbocycles. The normalized spacial score (nSPS) is 17.7. The van der Waals surface area contributed by atoms with Gasteiger partial charge in [0.1, 0.15) is 0 Å². The summed E-state index contributed by atoms with van der Waals surface area (Å²) in [4.78, 5) is 2.65. The van der Waals surface area contributed by atoms with Crippen LogP contribution in [0.5, 0.6) is 0 Å². The van der Waals surface area contributed by atoms with Crippen LogP contribution in [0.1, 0.15) is 61.5 Å². The van der Waals surface area contributed by atoms with E-state index >= 15 is 0 Å². The molecule has 1 fully saturated rings. The van der Waals surface area contributed by atoms with Gasteiger partial charge in [0.2, 0.25) is 0 Å². The molecule has 3 aromatic rings. The maximum absolute atomic E-state index is 2.65. The fourth-order valence-corrected chi connectivity index (χ4v) is 4.13. The Morgan fingerprint density at radius 1 is 0.741 bits per heavy atom. The zero-order valence-electron chi connectivity index (χ0n) is 16.6. The summed E-state index contributed by atoms with van der Waals surface area (Å²) in [5, 5.41) is 0. The molecule has 0 bridgehead atoms. The largest absolute Gasteiger partial charge is 0.285 e. The van der Waals surface area contributed by atoms with E-state index in [9.17, 15) is 0 Å². The second-order valence-corrected chi connectivity index (χ2v) is 8.64. The summed E-state index contributed by atoms with van der Waals surface area (Å²) < 4.78 is 0. The van der Waals surface area contributed by atoms with Crippen molar-refractivity contribution < 1.29 is 0 Å². The van der Waals surface area contributed by atoms with Crippen molar-refractivity contribution in [3.05, 3.63) is 107 Å². The highest BCUT2D eigenvalue weighted by Gasteiger charge is 2.36. The molecule has 0 aromatic heterocycles. The lowest BCUT2D eigenvalue weighted by Crippen LogP contribution is -2.43. The first-order valence-corrected chi connectivity index (χ1v) is 10.00. The molecular formula is C26H29N. The molecule has 1 heterocycles. The van der Waals surface area contributed by atoms with Crippen LogP contribution in [-0.2, 0) is 5.41 Å². The summed E-state index contributed by atoms with van der Waals surface area (Å²) in [5.41, 5.74) is 5.79. The smallest absolute Gasteiger partial charge is 0.0607 e. The van der Waals surface area contributed by atoms with Crippen molar-refractivity contribution in [3.63, 3.8) is 0 Å². The average molecular weight is 356 g/mol. The van der Waals surface area contributed by atoms with Crippen LogP contribution in [-0.4, -0.2) is 11.4 Å². The van der Waals surface area contributed by atoms with Crippen molar-refractivity contribution in [3.8, 4) is 0 Å². The number of rotatable bonds is 4. The summed E-state index contributed by atoms with van der Waals surface area (Å²) in [6.07, 6.45) is 1.23. The van der Waals surface area contributed by atoms with Gasteiger partial charge in [-0.05, 0) is 34.1 Å². The van der Waals surface area contributed by atoms with Crippen LogP contribution in [0.3, 0.4) is 0 Å². The van der Waals surface area contributed by atoms with Crippen molar-refractivity contribution in [2.24, 2.45) is 0 Å². The van der Waals surface area contributed by atoms with E-state index < -0.39 is 0 Å². The molecule has 0 amide bonds. The minimum atomic E-state index is 0.203. The van der Waals surface area contributed by atoms with E-state index in [2.05, 4.69) is 111 Å². The first-order chi connectivity index (χ1) is 13.0. The van der Waals surface area contributed by atoms with Gasteiger partial charge < -0.3 is 0 Å². The fraction of sp³-hybridized carbons (Fsp3) is 0.308. The van der Waals surface area contributed by atoms with E-state index in [0.717, 1.165) is 6.54 Å². The number of likely N-dealkylation sites (tertiary alicyclic amines) is 1. The second-order valence-electron chi connectivity index (χ2n) is 8.64. The van der Waals surface area contributed by atoms with Crippen LogP contribution in [0.4, 0.5) is 0 Å². The van der Waals surface area contributed by atoms with Gasteiger partial charge in [-0.1, -0.05) is 106 Å². The first-order valence-electron chi connectivity index (χ1n) is 10.00. The van der Waals surface area contributed by atoms with Crippen LogP contribution in [0, 0.1) is 0 Å². The Morgan fingerprint density at radius 2 is 1.26 bits per heavy atom. The Hall–Kier alpha value is -2.38. The standard InChI is InChI=1S/C26H29N/c1-26(2,3)23-16-14-20(15-17-23)24-18-19-27(24)25(21-10-6-4-7-11-21)22-12-8-5-9-13-22/h4-17,24-25H,18-19H2,1-3H3. The third kappa shape index (κ3) is 3.70. The number of hydrogen-bond acceptors (Lipinski definition) is 1. The van der Waals surface area contributed by atoms with Crippen molar-refractivity contribution in [2.45, 2.75) is 44.7 Å². The minimum absolute atomic E-state index is 0.203. The molecule has 1 saturated heterocycles. The Morgan fingerprint density at radius 3 is 1.67 bits per heavy atom. The van der Waals surface area contributed by atoms with Gasteiger partial charge >= 0.3 is 0 Å². The van der Waals surface area contributed by atoms with Gasteiger partial charge in [-0.15, -0.1) is 0 Å². The fourth-order valence-electron chi connectivity index (χ4n) is 4.13. The molecule has 1 aliphatic heterocycles. The van der Waals surface area contributed by atoms with E-state index in [1.807, 2.05) is 0 Å². The quantitative estimate of drug-likeness (QED) is 0.515. The lowest BCUT2D eigenvalue weighted by Gasteiger charge is -2.47. The Kier molecular flexibility index (Phi) is 4.88. The molecule has 1 nitrogen and oxygen atoms in total. The van der Waals surface area contributed by atoms with E-state index in [1.165, 1.54) is 28.7 Å². The molecule has 0 radical (unpaired) electrons. The van der Waals surface area contributed by atoms with Gasteiger partial charge in [0, 0.05) is 12.6 Å². The molecular weight excluding hydrogens is 326 g/mol. The number of benzene rings is 3. The molecule has 1 heteroatoms.